The molecule has 7 nitrogen and oxygen atoms in total. The fraction of sp³-hybridized carbons (Fsp3) is 0.741. The molecular formula is C27H42O7. The van der Waals surface area contributed by atoms with Crippen LogP contribution in [0.5, 0.6) is 0 Å². The summed E-state index contributed by atoms with van der Waals surface area (Å²) in [7, 11) is 0. The van der Waals surface area contributed by atoms with Crippen LogP contribution in [-0.4, -0.2) is 54.9 Å². The Bertz CT molecular complexity index is 843. The van der Waals surface area contributed by atoms with Gasteiger partial charge in [0.2, 0.25) is 0 Å². The molecule has 0 aliphatic carbocycles. The molecule has 0 spiro atoms. The largest absolute Gasteiger partial charge is 0.453 e. The van der Waals surface area contributed by atoms with Gasteiger partial charge in [0.1, 0.15) is 12.2 Å². The van der Waals surface area contributed by atoms with Crippen LogP contribution in [0.2, 0.25) is 0 Å². The lowest BCUT2D eigenvalue weighted by Crippen LogP contribution is -2.45. The molecule has 0 unspecified atom stereocenters. The lowest BCUT2D eigenvalue weighted by atomic mass is 10.0. The zero-order chi connectivity index (χ0) is 25.3. The quantitative estimate of drug-likeness (QED) is 0.265. The first-order chi connectivity index (χ1) is 15.8. The highest BCUT2D eigenvalue weighted by atomic mass is 16.8. The number of carbonyl (C=O) groups is 1. The van der Waals surface area contributed by atoms with Crippen LogP contribution < -0.4 is 0 Å². The first-order valence-electron chi connectivity index (χ1n) is 12.3. The van der Waals surface area contributed by atoms with E-state index in [0.717, 1.165) is 18.4 Å². The van der Waals surface area contributed by atoms with Crippen molar-refractivity contribution in [2.24, 2.45) is 0 Å². The van der Waals surface area contributed by atoms with Crippen molar-refractivity contribution in [1.29, 1.82) is 0 Å². The predicted octanol–water partition coefficient (Wildman–Crippen LogP) is 5.35. The fourth-order valence-corrected chi connectivity index (χ4v) is 4.47. The third-order valence-electron chi connectivity index (χ3n) is 6.26. The Balaban J connectivity index is 1.72. The predicted molar refractivity (Wildman–Crippen MR) is 129 cm³/mol. The Morgan fingerprint density at radius 2 is 1.65 bits per heavy atom. The Morgan fingerprint density at radius 1 is 0.941 bits per heavy atom. The molecule has 3 aliphatic rings. The van der Waals surface area contributed by atoms with Crippen molar-refractivity contribution in [1.82, 2.24) is 0 Å². The van der Waals surface area contributed by atoms with Gasteiger partial charge in [-0.25, -0.2) is 4.79 Å². The molecule has 0 amide bonds. The number of hydrogen-bond acceptors (Lipinski definition) is 7. The average Bonchev–Trinajstić information content (AvgIpc) is 3.31. The molecule has 0 bridgehead atoms. The van der Waals surface area contributed by atoms with Gasteiger partial charge in [-0.1, -0.05) is 28.9 Å². The molecule has 3 aliphatic heterocycles. The summed E-state index contributed by atoms with van der Waals surface area (Å²) in [5.74, 6) is -1.90. The van der Waals surface area contributed by atoms with E-state index in [-0.39, 0.29) is 12.1 Å². The van der Waals surface area contributed by atoms with E-state index in [0.29, 0.717) is 18.6 Å². The van der Waals surface area contributed by atoms with Gasteiger partial charge in [0.25, 0.3) is 0 Å². The molecule has 34 heavy (non-hydrogen) atoms. The fourth-order valence-electron chi connectivity index (χ4n) is 4.47. The topological polar surface area (TPSA) is 72.5 Å². The standard InChI is InChI=1S/C27H42O7/c1-16(2)11-10-12-18(5)13-14-19(17(3)4)24(28)30-22-21(20-15-29-26(6,7)32-20)31-25-23(22)33-27(8,9)34-25/h11,13,20-23,25H,10,12,14-15H2,1-9H3/b18-13+/t20-,21-,22+,23-,25-/m1/s1. The average molecular weight is 479 g/mol. The smallest absolute Gasteiger partial charge is 0.334 e. The second kappa shape index (κ2) is 10.6. The second-order valence-corrected chi connectivity index (χ2v) is 10.9. The molecule has 0 radical (unpaired) electrons. The van der Waals surface area contributed by atoms with Crippen LogP contribution in [0.25, 0.3) is 0 Å². The van der Waals surface area contributed by atoms with Crippen LogP contribution in [0.3, 0.4) is 0 Å². The first-order valence-corrected chi connectivity index (χ1v) is 12.3. The molecule has 3 heterocycles. The number of rotatable bonds is 8. The van der Waals surface area contributed by atoms with Gasteiger partial charge >= 0.3 is 5.97 Å². The van der Waals surface area contributed by atoms with Gasteiger partial charge in [0, 0.05) is 5.57 Å². The summed E-state index contributed by atoms with van der Waals surface area (Å²) in [6.07, 6.45) is 4.07. The van der Waals surface area contributed by atoms with E-state index in [4.69, 9.17) is 28.4 Å². The SMILES string of the molecule is CC(C)=CCC/C(C)=C/CC(C(=O)O[C@@H]1[C@H]2OC(C)(C)O[C@H]2O[C@@H]1[C@H]1COC(C)(C)O1)=C(C)C. The van der Waals surface area contributed by atoms with Gasteiger partial charge in [-0.3, -0.25) is 0 Å². The molecule has 0 aromatic heterocycles. The van der Waals surface area contributed by atoms with Crippen LogP contribution in [0.1, 0.15) is 81.6 Å². The lowest BCUT2D eigenvalue weighted by molar-refractivity contribution is -0.234. The molecule has 7 heteroatoms. The van der Waals surface area contributed by atoms with Crippen molar-refractivity contribution in [3.8, 4) is 0 Å². The maximum Gasteiger partial charge on any atom is 0.334 e. The molecule has 0 aromatic rings. The highest BCUT2D eigenvalue weighted by Gasteiger charge is 2.60. The zero-order valence-electron chi connectivity index (χ0n) is 22.2. The van der Waals surface area contributed by atoms with Crippen LogP contribution in [-0.2, 0) is 33.2 Å². The molecule has 3 rings (SSSR count). The highest BCUT2D eigenvalue weighted by molar-refractivity contribution is 5.89. The van der Waals surface area contributed by atoms with Gasteiger partial charge in [-0.15, -0.1) is 0 Å². The number of allylic oxidation sites excluding steroid dienone is 5. The third kappa shape index (κ3) is 6.79. The molecule has 192 valence electrons. The van der Waals surface area contributed by atoms with E-state index in [1.807, 2.05) is 41.5 Å². The lowest BCUT2D eigenvalue weighted by Gasteiger charge is -2.29. The Labute approximate surface area is 204 Å². The van der Waals surface area contributed by atoms with Gasteiger partial charge in [-0.05, 0) is 81.6 Å². The molecular weight excluding hydrogens is 436 g/mol. The Hall–Kier alpha value is -1.51. The van der Waals surface area contributed by atoms with Crippen molar-refractivity contribution in [3.05, 3.63) is 34.4 Å². The van der Waals surface area contributed by atoms with E-state index < -0.39 is 36.2 Å². The molecule has 0 N–H and O–H groups in total. The summed E-state index contributed by atoms with van der Waals surface area (Å²) < 4.78 is 36.0. The number of hydrogen-bond donors (Lipinski definition) is 0. The van der Waals surface area contributed by atoms with E-state index in [1.165, 1.54) is 11.1 Å². The van der Waals surface area contributed by atoms with Crippen molar-refractivity contribution in [2.45, 2.75) is 124 Å². The molecule has 5 atom stereocenters. The minimum Gasteiger partial charge on any atom is -0.453 e. The summed E-state index contributed by atoms with van der Waals surface area (Å²) in [6, 6.07) is 0. The Kier molecular flexibility index (Phi) is 8.46. The summed E-state index contributed by atoms with van der Waals surface area (Å²) in [5, 5.41) is 0. The van der Waals surface area contributed by atoms with Crippen LogP contribution in [0.15, 0.2) is 34.4 Å². The summed E-state index contributed by atoms with van der Waals surface area (Å²) in [5.41, 5.74) is 4.13. The normalized spacial score (nSPS) is 31.8. The summed E-state index contributed by atoms with van der Waals surface area (Å²) >= 11 is 0. The van der Waals surface area contributed by atoms with Gasteiger partial charge in [-0.2, -0.15) is 0 Å². The van der Waals surface area contributed by atoms with Crippen molar-refractivity contribution in [2.75, 3.05) is 6.61 Å². The Morgan fingerprint density at radius 3 is 2.24 bits per heavy atom. The number of carbonyl (C=O) groups excluding carboxylic acids is 1. The number of ether oxygens (including phenoxy) is 6. The van der Waals surface area contributed by atoms with Crippen LogP contribution >= 0.6 is 0 Å². The maximum absolute atomic E-state index is 13.4. The number of fused-ring (bicyclic) bond motifs is 1. The summed E-state index contributed by atoms with van der Waals surface area (Å²) in [6.45, 7) is 17.9. The van der Waals surface area contributed by atoms with Crippen LogP contribution in [0.4, 0.5) is 0 Å². The van der Waals surface area contributed by atoms with E-state index in [9.17, 15) is 4.79 Å². The summed E-state index contributed by atoms with van der Waals surface area (Å²) in [4.78, 5) is 13.4. The van der Waals surface area contributed by atoms with E-state index in [1.54, 1.807) is 0 Å². The molecule has 0 aromatic carbocycles. The highest BCUT2D eigenvalue weighted by Crippen LogP contribution is 2.42. The molecule has 3 saturated heterocycles. The zero-order valence-corrected chi connectivity index (χ0v) is 22.2. The van der Waals surface area contributed by atoms with Gasteiger partial charge in [0.05, 0.1) is 6.61 Å². The second-order valence-electron chi connectivity index (χ2n) is 10.9. The third-order valence-corrected chi connectivity index (χ3v) is 6.26. The minimum absolute atomic E-state index is 0.345. The van der Waals surface area contributed by atoms with Crippen LogP contribution in [0, 0.1) is 0 Å². The molecule has 0 saturated carbocycles. The monoisotopic (exact) mass is 478 g/mol. The first kappa shape index (κ1) is 27.1. The van der Waals surface area contributed by atoms with Gasteiger partial charge in [0.15, 0.2) is 30.1 Å². The van der Waals surface area contributed by atoms with E-state index in [2.05, 4.69) is 32.9 Å². The van der Waals surface area contributed by atoms with Gasteiger partial charge < -0.3 is 28.4 Å². The molecule has 3 fully saturated rings. The van der Waals surface area contributed by atoms with Crippen molar-refractivity contribution in [3.63, 3.8) is 0 Å². The maximum atomic E-state index is 13.4. The van der Waals surface area contributed by atoms with E-state index >= 15 is 0 Å². The minimum atomic E-state index is -0.818. The van der Waals surface area contributed by atoms with Crippen molar-refractivity contribution >= 4 is 5.97 Å². The number of esters is 1. The van der Waals surface area contributed by atoms with Crippen molar-refractivity contribution < 1.29 is 33.2 Å².